The van der Waals surface area contributed by atoms with Crippen molar-refractivity contribution in [3.63, 3.8) is 0 Å². The van der Waals surface area contributed by atoms with Gasteiger partial charge in [0.25, 0.3) is 0 Å². The summed E-state index contributed by atoms with van der Waals surface area (Å²) < 4.78 is 0. The van der Waals surface area contributed by atoms with Gasteiger partial charge < -0.3 is 14.9 Å². The highest BCUT2D eigenvalue weighted by Gasteiger charge is 2.12. The molecule has 0 aromatic heterocycles. The highest BCUT2D eigenvalue weighted by Crippen LogP contribution is 2.25. The number of benzene rings is 1. The van der Waals surface area contributed by atoms with Crippen molar-refractivity contribution in [2.45, 2.75) is 20.4 Å². The first-order valence-corrected chi connectivity index (χ1v) is 7.60. The number of aromatic hydroxyl groups is 1. The third kappa shape index (κ3) is 6.46. The SMILES string of the molecule is Cc1cc(C)c(O)c(CN(CCN(C)C)CCN(C)C)c1. The quantitative estimate of drug-likeness (QED) is 0.793. The first kappa shape index (κ1) is 18.0. The van der Waals surface area contributed by atoms with E-state index in [-0.39, 0.29) is 0 Å². The van der Waals surface area contributed by atoms with E-state index in [0.29, 0.717) is 5.75 Å². The Hall–Kier alpha value is -1.10. The molecular formula is C17H31N3O. The number of phenols is 1. The maximum absolute atomic E-state index is 10.3. The van der Waals surface area contributed by atoms with E-state index in [1.807, 2.05) is 13.0 Å². The van der Waals surface area contributed by atoms with Gasteiger partial charge in [0, 0.05) is 38.3 Å². The summed E-state index contributed by atoms with van der Waals surface area (Å²) >= 11 is 0. The van der Waals surface area contributed by atoms with Crippen LogP contribution in [0.3, 0.4) is 0 Å². The van der Waals surface area contributed by atoms with Crippen molar-refractivity contribution in [3.05, 3.63) is 28.8 Å². The van der Waals surface area contributed by atoms with Crippen molar-refractivity contribution in [2.24, 2.45) is 0 Å². The lowest BCUT2D eigenvalue weighted by atomic mass is 10.1. The summed E-state index contributed by atoms with van der Waals surface area (Å²) in [6, 6.07) is 4.13. The van der Waals surface area contributed by atoms with Gasteiger partial charge in [-0.2, -0.15) is 0 Å². The number of likely N-dealkylation sites (N-methyl/N-ethyl adjacent to an activating group) is 2. The Balaban J connectivity index is 2.79. The summed E-state index contributed by atoms with van der Waals surface area (Å²) in [5.41, 5.74) is 3.20. The van der Waals surface area contributed by atoms with Crippen LogP contribution >= 0.6 is 0 Å². The molecule has 0 aliphatic rings. The van der Waals surface area contributed by atoms with Crippen molar-refractivity contribution in [3.8, 4) is 5.75 Å². The lowest BCUT2D eigenvalue weighted by Gasteiger charge is -2.26. The summed E-state index contributed by atoms with van der Waals surface area (Å²) in [5.74, 6) is 0.445. The van der Waals surface area contributed by atoms with Gasteiger partial charge in [-0.3, -0.25) is 4.90 Å². The van der Waals surface area contributed by atoms with E-state index in [1.165, 1.54) is 5.56 Å². The Labute approximate surface area is 130 Å². The molecule has 0 saturated carbocycles. The average Bonchev–Trinajstić information content (AvgIpc) is 2.37. The molecule has 0 aliphatic carbocycles. The minimum atomic E-state index is 0.445. The molecule has 21 heavy (non-hydrogen) atoms. The van der Waals surface area contributed by atoms with Gasteiger partial charge in [0.05, 0.1) is 0 Å². The Morgan fingerprint density at radius 1 is 0.857 bits per heavy atom. The van der Waals surface area contributed by atoms with Gasteiger partial charge in [0.2, 0.25) is 0 Å². The summed E-state index contributed by atoms with van der Waals surface area (Å²) in [5, 5.41) is 10.3. The van der Waals surface area contributed by atoms with Crippen molar-refractivity contribution in [2.75, 3.05) is 54.4 Å². The summed E-state index contributed by atoms with van der Waals surface area (Å²) in [6.07, 6.45) is 0. The molecule has 4 nitrogen and oxygen atoms in total. The highest BCUT2D eigenvalue weighted by molar-refractivity contribution is 5.42. The molecule has 0 saturated heterocycles. The fourth-order valence-electron chi connectivity index (χ4n) is 2.36. The normalized spacial score (nSPS) is 11.9. The van der Waals surface area contributed by atoms with Crippen LogP contribution in [-0.4, -0.2) is 74.2 Å². The number of nitrogens with zero attached hydrogens (tertiary/aromatic N) is 3. The molecule has 0 spiro atoms. The largest absolute Gasteiger partial charge is 0.507 e. The molecule has 0 bridgehead atoms. The third-order valence-corrected chi connectivity index (χ3v) is 3.64. The van der Waals surface area contributed by atoms with Gasteiger partial charge >= 0.3 is 0 Å². The second-order valence-electron chi connectivity index (χ2n) is 6.47. The van der Waals surface area contributed by atoms with Crippen LogP contribution in [-0.2, 0) is 6.54 Å². The Bertz CT molecular complexity index is 432. The molecule has 4 heteroatoms. The smallest absolute Gasteiger partial charge is 0.122 e. The van der Waals surface area contributed by atoms with E-state index in [1.54, 1.807) is 0 Å². The van der Waals surface area contributed by atoms with Crippen molar-refractivity contribution in [1.29, 1.82) is 0 Å². The fraction of sp³-hybridized carbons (Fsp3) is 0.647. The molecule has 1 N–H and O–H groups in total. The van der Waals surface area contributed by atoms with Crippen LogP contribution in [0, 0.1) is 13.8 Å². The molecule has 0 heterocycles. The fourth-order valence-corrected chi connectivity index (χ4v) is 2.36. The lowest BCUT2D eigenvalue weighted by Crippen LogP contribution is -2.36. The predicted molar refractivity (Wildman–Crippen MR) is 90.0 cm³/mol. The number of aryl methyl sites for hydroxylation is 2. The highest BCUT2D eigenvalue weighted by atomic mass is 16.3. The predicted octanol–water partition coefficient (Wildman–Crippen LogP) is 1.93. The van der Waals surface area contributed by atoms with E-state index in [9.17, 15) is 5.11 Å². The Morgan fingerprint density at radius 2 is 1.38 bits per heavy atom. The van der Waals surface area contributed by atoms with Crippen LogP contribution in [0.1, 0.15) is 16.7 Å². The second-order valence-corrected chi connectivity index (χ2v) is 6.47. The number of hydrogen-bond donors (Lipinski definition) is 1. The van der Waals surface area contributed by atoms with Crippen LogP contribution < -0.4 is 0 Å². The van der Waals surface area contributed by atoms with E-state index < -0.39 is 0 Å². The monoisotopic (exact) mass is 293 g/mol. The van der Waals surface area contributed by atoms with Gasteiger partial charge in [-0.05, 0) is 47.6 Å². The zero-order chi connectivity index (χ0) is 16.0. The minimum absolute atomic E-state index is 0.445. The van der Waals surface area contributed by atoms with Gasteiger partial charge in [0.1, 0.15) is 5.75 Å². The maximum atomic E-state index is 10.3. The number of phenolic OH excluding ortho intramolecular Hbond substituents is 1. The van der Waals surface area contributed by atoms with Gasteiger partial charge in [-0.25, -0.2) is 0 Å². The number of rotatable bonds is 8. The molecule has 0 amide bonds. The van der Waals surface area contributed by atoms with Gasteiger partial charge in [0.15, 0.2) is 0 Å². The van der Waals surface area contributed by atoms with Crippen molar-refractivity contribution >= 4 is 0 Å². The number of hydrogen-bond acceptors (Lipinski definition) is 4. The van der Waals surface area contributed by atoms with Crippen molar-refractivity contribution < 1.29 is 5.11 Å². The Kier molecular flexibility index (Phi) is 7.15. The van der Waals surface area contributed by atoms with E-state index >= 15 is 0 Å². The third-order valence-electron chi connectivity index (χ3n) is 3.64. The molecule has 0 radical (unpaired) electrons. The van der Waals surface area contributed by atoms with E-state index in [2.05, 4.69) is 55.9 Å². The molecule has 0 atom stereocenters. The Morgan fingerprint density at radius 3 is 1.86 bits per heavy atom. The molecule has 120 valence electrons. The minimum Gasteiger partial charge on any atom is -0.507 e. The van der Waals surface area contributed by atoms with Crippen LogP contribution in [0.4, 0.5) is 0 Å². The first-order chi connectivity index (χ1) is 9.79. The standard InChI is InChI=1S/C17H31N3O/c1-14-11-15(2)17(21)16(12-14)13-20(9-7-18(3)4)10-8-19(5)6/h11-12,21H,7-10,13H2,1-6H3. The molecule has 0 unspecified atom stereocenters. The average molecular weight is 293 g/mol. The zero-order valence-corrected chi connectivity index (χ0v) is 14.5. The molecule has 1 aromatic rings. The summed E-state index contributed by atoms with van der Waals surface area (Å²) in [6.45, 7) is 8.92. The molecule has 0 fully saturated rings. The van der Waals surface area contributed by atoms with Crippen LogP contribution in [0.2, 0.25) is 0 Å². The molecule has 1 aromatic carbocycles. The summed E-state index contributed by atoms with van der Waals surface area (Å²) in [7, 11) is 8.38. The summed E-state index contributed by atoms with van der Waals surface area (Å²) in [4.78, 5) is 6.81. The molecular weight excluding hydrogens is 262 g/mol. The lowest BCUT2D eigenvalue weighted by molar-refractivity contribution is 0.210. The molecule has 1 rings (SSSR count). The van der Waals surface area contributed by atoms with Crippen LogP contribution in [0.5, 0.6) is 5.75 Å². The van der Waals surface area contributed by atoms with E-state index in [0.717, 1.165) is 43.9 Å². The van der Waals surface area contributed by atoms with Gasteiger partial charge in [-0.1, -0.05) is 17.7 Å². The van der Waals surface area contributed by atoms with Gasteiger partial charge in [-0.15, -0.1) is 0 Å². The van der Waals surface area contributed by atoms with Crippen LogP contribution in [0.15, 0.2) is 12.1 Å². The van der Waals surface area contributed by atoms with Crippen LogP contribution in [0.25, 0.3) is 0 Å². The maximum Gasteiger partial charge on any atom is 0.122 e. The zero-order valence-electron chi connectivity index (χ0n) is 14.5. The second kappa shape index (κ2) is 8.37. The first-order valence-electron chi connectivity index (χ1n) is 7.60. The topological polar surface area (TPSA) is 30.0 Å². The molecule has 0 aliphatic heterocycles. The van der Waals surface area contributed by atoms with E-state index in [4.69, 9.17) is 0 Å². The van der Waals surface area contributed by atoms with Crippen molar-refractivity contribution in [1.82, 2.24) is 14.7 Å².